The van der Waals surface area contributed by atoms with Crippen molar-refractivity contribution in [3.05, 3.63) is 71.3 Å². The molecule has 1 heterocycles. The molecule has 1 aliphatic carbocycles. The van der Waals surface area contributed by atoms with Gasteiger partial charge in [0.15, 0.2) is 0 Å². The third-order valence-electron chi connectivity index (χ3n) is 7.00. The Morgan fingerprint density at radius 2 is 1.59 bits per heavy atom. The number of rotatable bonds is 7. The SMILES string of the molecule is O=C(CNC(=O)c1cccc(C(F)(F)F)c1)N[C@@H]1CCN([C@H]2CCCCC2NC(=O)c2ccccc2)C1. The quantitative estimate of drug-likeness (QED) is 0.527. The van der Waals surface area contributed by atoms with Gasteiger partial charge >= 0.3 is 6.18 Å². The molecule has 0 spiro atoms. The second kappa shape index (κ2) is 11.8. The van der Waals surface area contributed by atoms with Crippen LogP contribution in [0.15, 0.2) is 54.6 Å². The molecule has 1 aliphatic heterocycles. The number of halogens is 3. The number of hydrogen-bond acceptors (Lipinski definition) is 4. The number of amides is 3. The smallest absolute Gasteiger partial charge is 0.350 e. The van der Waals surface area contributed by atoms with Crippen molar-refractivity contribution in [1.82, 2.24) is 20.9 Å². The fourth-order valence-electron chi connectivity index (χ4n) is 5.14. The highest BCUT2D eigenvalue weighted by atomic mass is 19.4. The molecule has 1 saturated heterocycles. The van der Waals surface area contributed by atoms with Gasteiger partial charge in [-0.3, -0.25) is 19.3 Å². The highest BCUT2D eigenvalue weighted by Gasteiger charge is 2.36. The molecular weight excluding hydrogens is 485 g/mol. The molecule has 7 nitrogen and oxygen atoms in total. The van der Waals surface area contributed by atoms with Crippen molar-refractivity contribution in [2.24, 2.45) is 0 Å². The predicted octanol–water partition coefficient (Wildman–Crippen LogP) is 3.37. The molecule has 0 radical (unpaired) electrons. The summed E-state index contributed by atoms with van der Waals surface area (Å²) < 4.78 is 38.6. The Kier molecular flexibility index (Phi) is 8.48. The van der Waals surface area contributed by atoms with Gasteiger partial charge in [0.1, 0.15) is 0 Å². The van der Waals surface area contributed by atoms with Crippen molar-refractivity contribution >= 4 is 17.7 Å². The molecule has 198 valence electrons. The van der Waals surface area contributed by atoms with Gasteiger partial charge < -0.3 is 16.0 Å². The highest BCUT2D eigenvalue weighted by molar-refractivity contribution is 5.96. The summed E-state index contributed by atoms with van der Waals surface area (Å²) in [5.41, 5.74) is -0.447. The lowest BCUT2D eigenvalue weighted by molar-refractivity contribution is -0.137. The summed E-state index contributed by atoms with van der Waals surface area (Å²) in [5.74, 6) is -1.23. The topological polar surface area (TPSA) is 90.5 Å². The van der Waals surface area contributed by atoms with Crippen molar-refractivity contribution in [2.75, 3.05) is 19.6 Å². The molecule has 2 fully saturated rings. The Morgan fingerprint density at radius 1 is 0.865 bits per heavy atom. The van der Waals surface area contributed by atoms with Gasteiger partial charge in [-0.05, 0) is 49.6 Å². The molecule has 10 heteroatoms. The number of carbonyl (C=O) groups excluding carboxylic acids is 3. The first kappa shape index (κ1) is 26.7. The van der Waals surface area contributed by atoms with Gasteiger partial charge in [-0.2, -0.15) is 13.2 Å². The molecular formula is C27H31F3N4O3. The van der Waals surface area contributed by atoms with Crippen LogP contribution in [0.2, 0.25) is 0 Å². The Bertz CT molecular complexity index is 1110. The molecule has 3 atom stereocenters. The Labute approximate surface area is 213 Å². The van der Waals surface area contributed by atoms with E-state index in [0.717, 1.165) is 56.8 Å². The van der Waals surface area contributed by atoms with Crippen LogP contribution in [0.4, 0.5) is 13.2 Å². The summed E-state index contributed by atoms with van der Waals surface area (Å²) in [7, 11) is 0. The molecule has 2 aromatic carbocycles. The lowest BCUT2D eigenvalue weighted by Gasteiger charge is -2.38. The third kappa shape index (κ3) is 7.09. The van der Waals surface area contributed by atoms with Crippen LogP contribution in [0, 0.1) is 0 Å². The van der Waals surface area contributed by atoms with Crippen LogP contribution in [-0.4, -0.2) is 60.4 Å². The second-order valence-electron chi connectivity index (χ2n) is 9.61. The summed E-state index contributed by atoms with van der Waals surface area (Å²) in [4.78, 5) is 39.7. The second-order valence-corrected chi connectivity index (χ2v) is 9.61. The van der Waals surface area contributed by atoms with Crippen LogP contribution in [0.1, 0.15) is 58.4 Å². The van der Waals surface area contributed by atoms with Crippen LogP contribution < -0.4 is 16.0 Å². The van der Waals surface area contributed by atoms with Gasteiger partial charge in [-0.25, -0.2) is 0 Å². The summed E-state index contributed by atoms with van der Waals surface area (Å²) in [6, 6.07) is 13.3. The number of hydrogen-bond donors (Lipinski definition) is 3. The van der Waals surface area contributed by atoms with Crippen LogP contribution in [0.25, 0.3) is 0 Å². The van der Waals surface area contributed by atoms with Crippen molar-refractivity contribution in [1.29, 1.82) is 0 Å². The first-order chi connectivity index (χ1) is 17.7. The standard InChI is InChI=1S/C27H31F3N4O3/c28-27(29,30)20-10-6-9-19(15-20)25(36)31-16-24(35)32-21-13-14-34(17-21)23-12-5-4-11-22(23)33-26(37)18-7-2-1-3-8-18/h1-3,6-10,15,21-23H,4-5,11-14,16-17H2,(H,31,36)(H,32,35)(H,33,37)/t21-,22?,23+/m1/s1. The first-order valence-electron chi connectivity index (χ1n) is 12.6. The van der Waals surface area contributed by atoms with E-state index in [2.05, 4.69) is 20.9 Å². The number of alkyl halides is 3. The van der Waals surface area contributed by atoms with Crippen molar-refractivity contribution < 1.29 is 27.6 Å². The molecule has 4 rings (SSSR count). The van der Waals surface area contributed by atoms with Crippen molar-refractivity contribution in [2.45, 2.75) is 56.4 Å². The normalized spacial score (nSPS) is 22.3. The average Bonchev–Trinajstić information content (AvgIpc) is 3.35. The van der Waals surface area contributed by atoms with Gasteiger partial charge in [0.05, 0.1) is 12.1 Å². The number of nitrogens with one attached hydrogen (secondary N) is 3. The minimum absolute atomic E-state index is 0.0302. The van der Waals surface area contributed by atoms with Crippen molar-refractivity contribution in [3.8, 4) is 0 Å². The number of carbonyl (C=O) groups is 3. The third-order valence-corrected chi connectivity index (χ3v) is 7.00. The molecule has 1 saturated carbocycles. The van der Waals surface area contributed by atoms with Gasteiger partial charge in [-0.1, -0.05) is 37.1 Å². The zero-order valence-corrected chi connectivity index (χ0v) is 20.4. The average molecular weight is 517 g/mol. The monoisotopic (exact) mass is 516 g/mol. The minimum Gasteiger partial charge on any atom is -0.350 e. The molecule has 37 heavy (non-hydrogen) atoms. The van der Waals surface area contributed by atoms with E-state index in [1.165, 1.54) is 6.07 Å². The summed E-state index contributed by atoms with van der Waals surface area (Å²) in [5, 5.41) is 8.49. The van der Waals surface area contributed by atoms with E-state index >= 15 is 0 Å². The fraction of sp³-hybridized carbons (Fsp3) is 0.444. The highest BCUT2D eigenvalue weighted by Crippen LogP contribution is 2.29. The molecule has 0 aromatic heterocycles. The Balaban J connectivity index is 1.26. The minimum atomic E-state index is -4.55. The van der Waals surface area contributed by atoms with Crippen molar-refractivity contribution in [3.63, 3.8) is 0 Å². The number of benzene rings is 2. The van der Waals surface area contributed by atoms with Crippen LogP contribution in [-0.2, 0) is 11.0 Å². The van der Waals surface area contributed by atoms with E-state index < -0.39 is 23.6 Å². The molecule has 0 bridgehead atoms. The molecule has 2 aromatic rings. The maximum Gasteiger partial charge on any atom is 0.416 e. The predicted molar refractivity (Wildman–Crippen MR) is 132 cm³/mol. The van der Waals surface area contributed by atoms with Gasteiger partial charge in [0.25, 0.3) is 11.8 Å². The first-order valence-corrected chi connectivity index (χ1v) is 12.6. The summed E-state index contributed by atoms with van der Waals surface area (Å²) in [6.45, 7) is 1.09. The lowest BCUT2D eigenvalue weighted by Crippen LogP contribution is -2.53. The van der Waals surface area contributed by atoms with E-state index in [1.54, 1.807) is 12.1 Å². The molecule has 2 aliphatic rings. The summed E-state index contributed by atoms with van der Waals surface area (Å²) >= 11 is 0. The van der Waals surface area contributed by atoms with E-state index in [-0.39, 0.29) is 36.1 Å². The summed E-state index contributed by atoms with van der Waals surface area (Å²) in [6.07, 6.45) is 0.186. The Morgan fingerprint density at radius 3 is 2.35 bits per heavy atom. The van der Waals surface area contributed by atoms with Crippen LogP contribution in [0.3, 0.4) is 0 Å². The zero-order chi connectivity index (χ0) is 26.4. The molecule has 1 unspecified atom stereocenters. The largest absolute Gasteiger partial charge is 0.416 e. The zero-order valence-electron chi connectivity index (χ0n) is 20.4. The maximum atomic E-state index is 12.9. The van der Waals surface area contributed by atoms with E-state index in [0.29, 0.717) is 12.1 Å². The molecule has 3 amide bonds. The number of nitrogens with zero attached hydrogens (tertiary/aromatic N) is 1. The number of likely N-dealkylation sites (tertiary alicyclic amines) is 1. The van der Waals surface area contributed by atoms with E-state index in [4.69, 9.17) is 0 Å². The van der Waals surface area contributed by atoms with E-state index in [9.17, 15) is 27.6 Å². The maximum absolute atomic E-state index is 12.9. The van der Waals surface area contributed by atoms with Gasteiger partial charge in [0.2, 0.25) is 5.91 Å². The lowest BCUT2D eigenvalue weighted by atomic mass is 9.89. The Hall–Kier alpha value is -3.40. The van der Waals surface area contributed by atoms with Crippen LogP contribution in [0.5, 0.6) is 0 Å². The van der Waals surface area contributed by atoms with E-state index in [1.807, 2.05) is 18.2 Å². The van der Waals surface area contributed by atoms with Crippen LogP contribution >= 0.6 is 0 Å². The fourth-order valence-corrected chi connectivity index (χ4v) is 5.14. The molecule has 3 N–H and O–H groups in total. The van der Waals surface area contributed by atoms with Gasteiger partial charge in [-0.15, -0.1) is 0 Å². The van der Waals surface area contributed by atoms with Gasteiger partial charge in [0, 0.05) is 42.3 Å².